The molecule has 4 rings (SSSR count). The van der Waals surface area contributed by atoms with Crippen LogP contribution >= 0.6 is 0 Å². The lowest BCUT2D eigenvalue weighted by Gasteiger charge is -2.26. The molecule has 3 aromatic rings. The molecular weight excluding hydrogens is 472 g/mol. The third-order valence-corrected chi connectivity index (χ3v) is 7.20. The van der Waals surface area contributed by atoms with Gasteiger partial charge in [-0.1, -0.05) is 96.1 Å². The van der Waals surface area contributed by atoms with Crippen LogP contribution in [0.15, 0.2) is 54.6 Å². The average Bonchev–Trinajstić information content (AvgIpc) is 2.82. The minimum absolute atomic E-state index is 0.0915. The molecule has 0 fully saturated rings. The molecule has 0 atom stereocenters. The summed E-state index contributed by atoms with van der Waals surface area (Å²) >= 11 is 0. The number of rotatable bonds is 4. The largest absolute Gasteiger partial charge is 0.496 e. The van der Waals surface area contributed by atoms with Crippen molar-refractivity contribution >= 4 is 11.6 Å². The van der Waals surface area contributed by atoms with Crippen LogP contribution in [0, 0.1) is 0 Å². The third-order valence-electron chi connectivity index (χ3n) is 7.20. The molecule has 0 heterocycles. The number of fused-ring (bicyclic) bond motifs is 4. The monoisotopic (exact) mass is 512 g/mol. The Morgan fingerprint density at radius 1 is 0.632 bits per heavy atom. The van der Waals surface area contributed by atoms with Gasteiger partial charge >= 0.3 is 0 Å². The van der Waals surface area contributed by atoms with Gasteiger partial charge in [-0.3, -0.25) is 9.59 Å². The summed E-state index contributed by atoms with van der Waals surface area (Å²) in [5.74, 6) is 1.50. The van der Waals surface area contributed by atoms with Crippen molar-refractivity contribution in [2.24, 2.45) is 0 Å². The Hall–Kier alpha value is -3.40. The zero-order valence-electron chi connectivity index (χ0n) is 23.9. The summed E-state index contributed by atoms with van der Waals surface area (Å²) in [4.78, 5) is 27.2. The van der Waals surface area contributed by atoms with Crippen molar-refractivity contribution in [1.29, 1.82) is 0 Å². The van der Waals surface area contributed by atoms with E-state index in [1.54, 1.807) is 7.11 Å². The van der Waals surface area contributed by atoms with Gasteiger partial charge in [0.05, 0.1) is 7.11 Å². The minimum atomic E-state index is -0.139. The van der Waals surface area contributed by atoms with Crippen LogP contribution in [0.2, 0.25) is 0 Å². The van der Waals surface area contributed by atoms with Gasteiger partial charge in [-0.25, -0.2) is 0 Å². The van der Waals surface area contributed by atoms with Crippen molar-refractivity contribution < 1.29 is 19.1 Å². The Labute approximate surface area is 227 Å². The van der Waals surface area contributed by atoms with Gasteiger partial charge in [0, 0.05) is 47.9 Å². The molecule has 1 aliphatic rings. The molecule has 0 saturated heterocycles. The summed E-state index contributed by atoms with van der Waals surface area (Å²) in [6, 6.07) is 18.3. The third kappa shape index (κ3) is 6.35. The smallest absolute Gasteiger partial charge is 0.141 e. The fraction of sp³-hybridized carbons (Fsp3) is 0.412. The highest BCUT2D eigenvalue weighted by molar-refractivity contribution is 5.88. The van der Waals surface area contributed by atoms with Crippen molar-refractivity contribution in [2.75, 3.05) is 7.11 Å². The summed E-state index contributed by atoms with van der Waals surface area (Å²) < 4.78 is 12.2. The minimum Gasteiger partial charge on any atom is -0.496 e. The summed E-state index contributed by atoms with van der Waals surface area (Å²) in [5.41, 5.74) is 6.33. The fourth-order valence-electron chi connectivity index (χ4n) is 5.05. The number of methoxy groups -OCH3 is 1. The molecule has 4 bridgehead atoms. The second-order valence-electron chi connectivity index (χ2n) is 12.5. The molecule has 1 aliphatic carbocycles. The molecule has 0 aromatic heterocycles. The predicted octanol–water partition coefficient (Wildman–Crippen LogP) is 6.89. The first-order valence-corrected chi connectivity index (χ1v) is 13.4. The Morgan fingerprint density at radius 2 is 1.03 bits per heavy atom. The molecule has 0 N–H and O–H groups in total. The summed E-state index contributed by atoms with van der Waals surface area (Å²) in [7, 11) is 1.62. The second kappa shape index (κ2) is 10.8. The molecule has 200 valence electrons. The number of ether oxygens (including phenoxy) is 2. The highest BCUT2D eigenvalue weighted by Gasteiger charge is 2.26. The SMILES string of the molecule is COc1c2cc(C(C)(C)C)cc1CC(=O)Cc1cc(C(C)(C)C)cc(c1OCc1ccccc1)CC(=O)C2. The lowest BCUT2D eigenvalue weighted by Crippen LogP contribution is -2.19. The van der Waals surface area contributed by atoms with E-state index < -0.39 is 0 Å². The van der Waals surface area contributed by atoms with Crippen molar-refractivity contribution in [3.05, 3.63) is 93.5 Å². The van der Waals surface area contributed by atoms with Gasteiger partial charge in [0.25, 0.3) is 0 Å². The van der Waals surface area contributed by atoms with E-state index in [4.69, 9.17) is 9.47 Å². The molecule has 0 radical (unpaired) electrons. The number of carbonyl (C=O) groups is 2. The Morgan fingerprint density at radius 3 is 1.39 bits per heavy atom. The Bertz CT molecular complexity index is 1280. The van der Waals surface area contributed by atoms with E-state index in [0.717, 1.165) is 38.9 Å². The zero-order valence-corrected chi connectivity index (χ0v) is 23.9. The van der Waals surface area contributed by atoms with E-state index in [1.807, 2.05) is 30.3 Å². The summed E-state index contributed by atoms with van der Waals surface area (Å²) in [5, 5.41) is 0. The maximum atomic E-state index is 13.6. The molecule has 3 aromatic carbocycles. The number of carbonyl (C=O) groups excluding carboxylic acids is 2. The van der Waals surface area contributed by atoms with Crippen LogP contribution < -0.4 is 9.47 Å². The molecule has 0 amide bonds. The van der Waals surface area contributed by atoms with E-state index in [-0.39, 0.29) is 48.1 Å². The van der Waals surface area contributed by atoms with Gasteiger partial charge in [-0.15, -0.1) is 0 Å². The number of ketones is 2. The van der Waals surface area contributed by atoms with Crippen LogP contribution in [0.3, 0.4) is 0 Å². The van der Waals surface area contributed by atoms with Gasteiger partial charge in [0.2, 0.25) is 0 Å². The predicted molar refractivity (Wildman–Crippen MR) is 152 cm³/mol. The Balaban J connectivity index is 1.83. The van der Waals surface area contributed by atoms with Crippen LogP contribution in [0.4, 0.5) is 0 Å². The zero-order chi connectivity index (χ0) is 27.7. The first kappa shape index (κ1) is 27.6. The molecular formula is C34H40O4. The summed E-state index contributed by atoms with van der Waals surface area (Å²) in [6.07, 6.45) is 0.934. The summed E-state index contributed by atoms with van der Waals surface area (Å²) in [6.45, 7) is 13.3. The lowest BCUT2D eigenvalue weighted by molar-refractivity contribution is -0.118. The number of benzene rings is 3. The second-order valence-corrected chi connectivity index (χ2v) is 12.5. The van der Waals surface area contributed by atoms with Crippen molar-refractivity contribution in [3.63, 3.8) is 0 Å². The fourth-order valence-corrected chi connectivity index (χ4v) is 5.05. The van der Waals surface area contributed by atoms with Gasteiger partial charge in [-0.05, 0) is 27.5 Å². The highest BCUT2D eigenvalue weighted by atomic mass is 16.5. The maximum absolute atomic E-state index is 13.6. The molecule has 0 unspecified atom stereocenters. The van der Waals surface area contributed by atoms with E-state index in [9.17, 15) is 9.59 Å². The molecule has 4 nitrogen and oxygen atoms in total. The van der Waals surface area contributed by atoms with Crippen LogP contribution in [0.5, 0.6) is 11.5 Å². The Kier molecular flexibility index (Phi) is 7.83. The molecule has 0 saturated carbocycles. The first-order valence-electron chi connectivity index (χ1n) is 13.4. The number of Topliss-reactive ketones (excluding diaryl/α,β-unsaturated/α-hetero) is 2. The van der Waals surface area contributed by atoms with E-state index in [1.165, 1.54) is 0 Å². The van der Waals surface area contributed by atoms with E-state index in [0.29, 0.717) is 18.1 Å². The van der Waals surface area contributed by atoms with Crippen molar-refractivity contribution in [2.45, 2.75) is 84.7 Å². The lowest BCUT2D eigenvalue weighted by atomic mass is 9.81. The van der Waals surface area contributed by atoms with Gasteiger partial charge in [0.15, 0.2) is 0 Å². The quantitative estimate of drug-likeness (QED) is 0.382. The normalized spacial score (nSPS) is 14.5. The first-order chi connectivity index (χ1) is 17.8. The maximum Gasteiger partial charge on any atom is 0.141 e. The molecule has 38 heavy (non-hydrogen) atoms. The van der Waals surface area contributed by atoms with Crippen molar-refractivity contribution in [1.82, 2.24) is 0 Å². The standard InChI is InChI=1S/C34H40O4/c1-33(2,3)27-13-23-17-29(35)19-25-15-28(34(4,5)6)16-26(20-30(36)18-24(14-27)31(23)37-7)32(25)38-21-22-11-9-8-10-12-22/h8-16H,17-21H2,1-7H3. The van der Waals surface area contributed by atoms with Gasteiger partial charge < -0.3 is 9.47 Å². The average molecular weight is 513 g/mol. The number of hydrogen-bond donors (Lipinski definition) is 0. The van der Waals surface area contributed by atoms with Crippen LogP contribution in [0.1, 0.15) is 80.5 Å². The molecule has 0 aliphatic heterocycles. The molecule has 0 spiro atoms. The number of hydrogen-bond acceptors (Lipinski definition) is 4. The van der Waals surface area contributed by atoms with E-state index >= 15 is 0 Å². The highest BCUT2D eigenvalue weighted by Crippen LogP contribution is 2.37. The van der Waals surface area contributed by atoms with Crippen LogP contribution in [0.25, 0.3) is 0 Å². The topological polar surface area (TPSA) is 52.6 Å². The molecule has 4 heteroatoms. The van der Waals surface area contributed by atoms with Gasteiger partial charge in [-0.2, -0.15) is 0 Å². The van der Waals surface area contributed by atoms with Crippen LogP contribution in [-0.2, 0) is 52.7 Å². The van der Waals surface area contributed by atoms with E-state index in [2.05, 4.69) is 65.8 Å². The van der Waals surface area contributed by atoms with Crippen molar-refractivity contribution in [3.8, 4) is 11.5 Å². The van der Waals surface area contributed by atoms with Gasteiger partial charge in [0.1, 0.15) is 29.7 Å². The van der Waals surface area contributed by atoms with Crippen LogP contribution in [-0.4, -0.2) is 18.7 Å².